The highest BCUT2D eigenvalue weighted by Crippen LogP contribution is 2.21. The van der Waals surface area contributed by atoms with Gasteiger partial charge in [-0.05, 0) is 25.8 Å². The summed E-state index contributed by atoms with van der Waals surface area (Å²) in [6, 6.07) is 0.665. The Labute approximate surface area is 115 Å². The highest BCUT2D eigenvalue weighted by molar-refractivity contribution is 5.88. The normalized spacial score (nSPS) is 28.9. The van der Waals surface area contributed by atoms with Gasteiger partial charge in [-0.15, -0.1) is 0 Å². The molecule has 0 spiro atoms. The van der Waals surface area contributed by atoms with Crippen LogP contribution in [-0.4, -0.2) is 53.8 Å². The van der Waals surface area contributed by atoms with Gasteiger partial charge in [-0.25, -0.2) is 0 Å². The van der Waals surface area contributed by atoms with Crippen LogP contribution in [0.15, 0.2) is 0 Å². The van der Waals surface area contributed by atoms with Crippen LogP contribution < -0.4 is 5.73 Å². The number of likely N-dealkylation sites (tertiary alicyclic amines) is 2. The highest BCUT2D eigenvalue weighted by atomic mass is 16.2. The number of nitrogens with zero attached hydrogens (tertiary/aromatic N) is 2. The van der Waals surface area contributed by atoms with Crippen molar-refractivity contribution in [3.63, 3.8) is 0 Å². The number of piperidine rings is 1. The van der Waals surface area contributed by atoms with Crippen LogP contribution >= 0.6 is 0 Å². The summed E-state index contributed by atoms with van der Waals surface area (Å²) in [4.78, 5) is 27.2. The minimum Gasteiger partial charge on any atom is -0.369 e. The fraction of sp³-hybridized carbons (Fsp3) is 0.857. The molecular weight excluding hydrogens is 242 g/mol. The minimum absolute atomic E-state index is 0.0776. The molecule has 0 radical (unpaired) electrons. The Kier molecular flexibility index (Phi) is 4.80. The molecule has 2 fully saturated rings. The summed E-state index contributed by atoms with van der Waals surface area (Å²) in [5.41, 5.74) is 5.28. The molecule has 0 bridgehead atoms. The lowest BCUT2D eigenvalue weighted by molar-refractivity contribution is -0.128. The van der Waals surface area contributed by atoms with Gasteiger partial charge in [-0.2, -0.15) is 0 Å². The predicted octanol–water partition coefficient (Wildman–Crippen LogP) is 0.585. The maximum Gasteiger partial charge on any atom is 0.223 e. The van der Waals surface area contributed by atoms with E-state index in [1.54, 1.807) is 4.90 Å². The van der Waals surface area contributed by atoms with Crippen LogP contribution in [0, 0.1) is 5.92 Å². The van der Waals surface area contributed by atoms with Gasteiger partial charge in [0, 0.05) is 32.1 Å². The Morgan fingerprint density at radius 1 is 1.37 bits per heavy atom. The summed E-state index contributed by atoms with van der Waals surface area (Å²) in [7, 11) is 0. The Bertz CT molecular complexity index is 346. The van der Waals surface area contributed by atoms with Crippen molar-refractivity contribution in [1.29, 1.82) is 0 Å². The van der Waals surface area contributed by atoms with E-state index in [0.29, 0.717) is 19.0 Å². The molecule has 2 heterocycles. The van der Waals surface area contributed by atoms with E-state index in [2.05, 4.69) is 11.8 Å². The number of hydrogen-bond acceptors (Lipinski definition) is 3. The topological polar surface area (TPSA) is 66.6 Å². The number of hydrogen-bond donors (Lipinski definition) is 1. The van der Waals surface area contributed by atoms with Crippen LogP contribution in [0.25, 0.3) is 0 Å². The van der Waals surface area contributed by atoms with Crippen LogP contribution in [0.4, 0.5) is 0 Å². The van der Waals surface area contributed by atoms with Crippen LogP contribution in [-0.2, 0) is 9.59 Å². The van der Waals surface area contributed by atoms with E-state index in [1.807, 2.05) is 0 Å². The number of carbonyl (C=O) groups is 2. The molecule has 0 aromatic heterocycles. The van der Waals surface area contributed by atoms with Crippen molar-refractivity contribution in [1.82, 2.24) is 9.80 Å². The lowest BCUT2D eigenvalue weighted by Gasteiger charge is -2.36. The van der Waals surface area contributed by atoms with E-state index >= 15 is 0 Å². The van der Waals surface area contributed by atoms with E-state index in [1.165, 1.54) is 25.7 Å². The molecular formula is C14H25N3O2. The Balaban J connectivity index is 1.81. The molecule has 0 aromatic rings. The van der Waals surface area contributed by atoms with Gasteiger partial charge in [0.25, 0.3) is 0 Å². The maximum atomic E-state index is 11.8. The quantitative estimate of drug-likeness (QED) is 0.792. The zero-order valence-electron chi connectivity index (χ0n) is 11.8. The summed E-state index contributed by atoms with van der Waals surface area (Å²) in [5.74, 6) is -0.551. The molecule has 2 rings (SSSR count). The Morgan fingerprint density at radius 2 is 2.16 bits per heavy atom. The molecule has 2 atom stereocenters. The molecule has 19 heavy (non-hydrogen) atoms. The Morgan fingerprint density at radius 3 is 2.79 bits per heavy atom. The van der Waals surface area contributed by atoms with Crippen molar-refractivity contribution in [3.8, 4) is 0 Å². The molecule has 2 aliphatic heterocycles. The molecule has 0 aliphatic carbocycles. The highest BCUT2D eigenvalue weighted by Gasteiger charge is 2.33. The Hall–Kier alpha value is -1.10. The average Bonchev–Trinajstić information content (AvgIpc) is 2.78. The van der Waals surface area contributed by atoms with Crippen molar-refractivity contribution in [3.05, 3.63) is 0 Å². The van der Waals surface area contributed by atoms with Crippen molar-refractivity contribution in [2.45, 2.75) is 45.1 Å². The van der Waals surface area contributed by atoms with Gasteiger partial charge in [0.1, 0.15) is 0 Å². The molecule has 2 aliphatic rings. The van der Waals surface area contributed by atoms with E-state index in [0.717, 1.165) is 19.6 Å². The molecule has 2 N–H and O–H groups in total. The van der Waals surface area contributed by atoms with Crippen molar-refractivity contribution < 1.29 is 9.59 Å². The van der Waals surface area contributed by atoms with Crippen LogP contribution in [0.5, 0.6) is 0 Å². The number of amides is 2. The van der Waals surface area contributed by atoms with Gasteiger partial charge in [0.2, 0.25) is 11.8 Å². The smallest absolute Gasteiger partial charge is 0.223 e. The number of carbonyl (C=O) groups excluding carboxylic acids is 2. The molecule has 2 saturated heterocycles. The fourth-order valence-electron chi connectivity index (χ4n) is 3.24. The van der Waals surface area contributed by atoms with Crippen LogP contribution in [0.1, 0.15) is 39.0 Å². The zero-order chi connectivity index (χ0) is 13.8. The second-order valence-electron chi connectivity index (χ2n) is 5.74. The third kappa shape index (κ3) is 3.47. The third-order valence-electron chi connectivity index (χ3n) is 4.49. The first-order chi connectivity index (χ1) is 9.11. The average molecular weight is 267 g/mol. The van der Waals surface area contributed by atoms with E-state index in [4.69, 9.17) is 5.73 Å². The first kappa shape index (κ1) is 14.3. The summed E-state index contributed by atoms with van der Waals surface area (Å²) >= 11 is 0. The van der Waals surface area contributed by atoms with Crippen LogP contribution in [0.2, 0.25) is 0 Å². The fourth-order valence-corrected chi connectivity index (χ4v) is 3.24. The summed E-state index contributed by atoms with van der Waals surface area (Å²) in [6.07, 6.45) is 5.33. The summed E-state index contributed by atoms with van der Waals surface area (Å²) in [6.45, 7) is 5.54. The SMILES string of the molecule is CCC1CCCCN1CCN1CC(C(N)=O)CC1=O. The number of nitrogens with two attached hydrogens (primary N) is 1. The van der Waals surface area contributed by atoms with Gasteiger partial charge >= 0.3 is 0 Å². The van der Waals surface area contributed by atoms with Gasteiger partial charge in [0.05, 0.1) is 5.92 Å². The van der Waals surface area contributed by atoms with Gasteiger partial charge in [0.15, 0.2) is 0 Å². The predicted molar refractivity (Wildman–Crippen MR) is 73.4 cm³/mol. The summed E-state index contributed by atoms with van der Waals surface area (Å²) < 4.78 is 0. The molecule has 0 aromatic carbocycles. The van der Waals surface area contributed by atoms with E-state index < -0.39 is 0 Å². The molecule has 5 nitrogen and oxygen atoms in total. The molecule has 2 amide bonds. The largest absolute Gasteiger partial charge is 0.369 e. The molecule has 5 heteroatoms. The molecule has 108 valence electrons. The third-order valence-corrected chi connectivity index (χ3v) is 4.49. The number of primary amides is 1. The van der Waals surface area contributed by atoms with Crippen molar-refractivity contribution in [2.75, 3.05) is 26.2 Å². The first-order valence-corrected chi connectivity index (χ1v) is 7.43. The summed E-state index contributed by atoms with van der Waals surface area (Å²) in [5, 5.41) is 0. The maximum absolute atomic E-state index is 11.8. The van der Waals surface area contributed by atoms with Gasteiger partial charge in [-0.3, -0.25) is 14.5 Å². The molecule has 2 unspecified atom stereocenters. The zero-order valence-corrected chi connectivity index (χ0v) is 11.8. The second kappa shape index (κ2) is 6.37. The van der Waals surface area contributed by atoms with E-state index in [-0.39, 0.29) is 17.7 Å². The second-order valence-corrected chi connectivity index (χ2v) is 5.74. The van der Waals surface area contributed by atoms with E-state index in [9.17, 15) is 9.59 Å². The minimum atomic E-state index is -0.347. The lowest BCUT2D eigenvalue weighted by Crippen LogP contribution is -2.44. The number of rotatable bonds is 5. The molecule has 0 saturated carbocycles. The van der Waals surface area contributed by atoms with Gasteiger partial charge < -0.3 is 10.6 Å². The van der Waals surface area contributed by atoms with Crippen molar-refractivity contribution in [2.24, 2.45) is 11.7 Å². The van der Waals surface area contributed by atoms with Gasteiger partial charge in [-0.1, -0.05) is 13.3 Å². The monoisotopic (exact) mass is 267 g/mol. The standard InChI is InChI=1S/C14H25N3O2/c1-2-12-5-3-4-6-16(12)7-8-17-10-11(14(15)19)9-13(17)18/h11-12H,2-10H2,1H3,(H2,15,19). The first-order valence-electron chi connectivity index (χ1n) is 7.43. The lowest BCUT2D eigenvalue weighted by atomic mass is 10.0. The van der Waals surface area contributed by atoms with Crippen molar-refractivity contribution >= 4 is 11.8 Å². The van der Waals surface area contributed by atoms with Crippen LogP contribution in [0.3, 0.4) is 0 Å².